The van der Waals surface area contributed by atoms with Crippen LogP contribution in [0, 0.1) is 0 Å². The van der Waals surface area contributed by atoms with Gasteiger partial charge in [-0.15, -0.1) is 0 Å². The predicted octanol–water partition coefficient (Wildman–Crippen LogP) is 1.58. The van der Waals surface area contributed by atoms with E-state index in [1.807, 2.05) is 0 Å². The highest BCUT2D eigenvalue weighted by Gasteiger charge is 2.10. The second kappa shape index (κ2) is 3.40. The van der Waals surface area contributed by atoms with Crippen LogP contribution in [-0.2, 0) is 0 Å². The maximum absolute atomic E-state index is 5.95. The molecule has 72 valence electrons. The lowest BCUT2D eigenvalue weighted by Crippen LogP contribution is -2.00. The highest BCUT2D eigenvalue weighted by Crippen LogP contribution is 2.26. The number of rotatable bonds is 2. The van der Waals surface area contributed by atoms with E-state index in [9.17, 15) is 0 Å². The highest BCUT2D eigenvalue weighted by molar-refractivity contribution is 6.34. The Bertz CT molecular complexity index is 489. The van der Waals surface area contributed by atoms with Crippen molar-refractivity contribution in [3.8, 4) is 0 Å². The molecule has 0 aliphatic carbocycles. The molecule has 2 heterocycles. The minimum absolute atomic E-state index is 0.387. The summed E-state index contributed by atoms with van der Waals surface area (Å²) in [6.07, 6.45) is 3.20. The molecule has 0 aromatic carbocycles. The fourth-order valence-electron chi connectivity index (χ4n) is 1.31. The Morgan fingerprint density at radius 1 is 1.57 bits per heavy atom. The van der Waals surface area contributed by atoms with Crippen molar-refractivity contribution in [2.45, 2.75) is 0 Å². The van der Waals surface area contributed by atoms with Crippen LogP contribution in [0.2, 0.25) is 5.15 Å². The molecule has 0 saturated carbocycles. The third-order valence-electron chi connectivity index (χ3n) is 2.05. The Balaban J connectivity index is 2.73. The molecular formula is C9H9ClN4. The Morgan fingerprint density at radius 3 is 3.07 bits per heavy atom. The molecule has 2 rings (SSSR count). The van der Waals surface area contributed by atoms with Crippen molar-refractivity contribution >= 4 is 28.2 Å². The average Bonchev–Trinajstić information content (AvgIpc) is 2.62. The van der Waals surface area contributed by atoms with Crippen LogP contribution in [-0.4, -0.2) is 21.5 Å². The number of halogens is 1. The molecule has 2 aromatic rings. The maximum Gasteiger partial charge on any atom is 0.142 e. The first-order valence-corrected chi connectivity index (χ1v) is 4.47. The number of aromatic nitrogens is 3. The van der Waals surface area contributed by atoms with E-state index in [0.717, 1.165) is 16.5 Å². The van der Waals surface area contributed by atoms with E-state index in [2.05, 4.69) is 21.5 Å². The molecule has 0 radical (unpaired) electrons. The molecule has 3 N–H and O–H groups in total. The molecule has 0 fully saturated rings. The largest absolute Gasteiger partial charge is 0.345 e. The van der Waals surface area contributed by atoms with Gasteiger partial charge in [0.1, 0.15) is 17.1 Å². The summed E-state index contributed by atoms with van der Waals surface area (Å²) in [5.74, 6) is 0. The van der Waals surface area contributed by atoms with E-state index in [-0.39, 0.29) is 0 Å². The minimum Gasteiger partial charge on any atom is -0.345 e. The van der Waals surface area contributed by atoms with Crippen molar-refractivity contribution in [3.63, 3.8) is 0 Å². The zero-order valence-corrected chi connectivity index (χ0v) is 8.17. The third-order valence-corrected chi connectivity index (χ3v) is 2.34. The van der Waals surface area contributed by atoms with E-state index in [4.69, 9.17) is 17.3 Å². The van der Waals surface area contributed by atoms with Crippen LogP contribution in [0.25, 0.3) is 16.6 Å². The molecule has 5 heteroatoms. The number of aromatic amines is 1. The van der Waals surface area contributed by atoms with Gasteiger partial charge in [0.05, 0.1) is 5.39 Å². The van der Waals surface area contributed by atoms with Gasteiger partial charge in [0.25, 0.3) is 0 Å². The number of nitrogens with zero attached hydrogens (tertiary/aromatic N) is 2. The fourth-order valence-corrected chi connectivity index (χ4v) is 1.55. The molecule has 0 atom stereocenters. The SMILES string of the molecule is C=C(CN)c1c[nH]c2ncnc(Cl)c12. The van der Waals surface area contributed by atoms with E-state index >= 15 is 0 Å². The van der Waals surface area contributed by atoms with E-state index in [1.54, 1.807) is 6.20 Å². The van der Waals surface area contributed by atoms with Gasteiger partial charge in [-0.05, 0) is 5.57 Å². The summed E-state index contributed by atoms with van der Waals surface area (Å²) >= 11 is 5.95. The summed E-state index contributed by atoms with van der Waals surface area (Å²) in [6, 6.07) is 0. The van der Waals surface area contributed by atoms with Crippen molar-refractivity contribution < 1.29 is 0 Å². The molecule has 14 heavy (non-hydrogen) atoms. The molecule has 0 saturated heterocycles. The van der Waals surface area contributed by atoms with Crippen LogP contribution in [0.4, 0.5) is 0 Å². The topological polar surface area (TPSA) is 67.6 Å². The second-order valence-electron chi connectivity index (χ2n) is 2.90. The summed E-state index contributed by atoms with van der Waals surface area (Å²) in [5.41, 5.74) is 7.91. The smallest absolute Gasteiger partial charge is 0.142 e. The average molecular weight is 209 g/mol. The van der Waals surface area contributed by atoms with Crippen molar-refractivity contribution in [1.29, 1.82) is 0 Å². The summed E-state index contributed by atoms with van der Waals surface area (Å²) in [6.45, 7) is 4.23. The standard InChI is InChI=1S/C9H9ClN4/c1-5(2-11)6-3-12-9-7(6)8(10)13-4-14-9/h3-4H,1-2,11H2,(H,12,13,14). The van der Waals surface area contributed by atoms with E-state index in [0.29, 0.717) is 17.3 Å². The number of hydrogen-bond donors (Lipinski definition) is 2. The van der Waals surface area contributed by atoms with Crippen molar-refractivity contribution in [2.24, 2.45) is 5.73 Å². The molecule has 0 aliphatic rings. The number of nitrogens with two attached hydrogens (primary N) is 1. The van der Waals surface area contributed by atoms with Crippen molar-refractivity contribution in [3.05, 3.63) is 29.8 Å². The number of fused-ring (bicyclic) bond motifs is 1. The normalized spacial score (nSPS) is 10.7. The first-order chi connectivity index (χ1) is 6.74. The van der Waals surface area contributed by atoms with Gasteiger partial charge >= 0.3 is 0 Å². The van der Waals surface area contributed by atoms with Gasteiger partial charge in [0, 0.05) is 18.3 Å². The maximum atomic E-state index is 5.95. The van der Waals surface area contributed by atoms with Crippen molar-refractivity contribution in [1.82, 2.24) is 15.0 Å². The Morgan fingerprint density at radius 2 is 2.36 bits per heavy atom. The first-order valence-electron chi connectivity index (χ1n) is 4.10. The lowest BCUT2D eigenvalue weighted by atomic mass is 10.1. The van der Waals surface area contributed by atoms with Crippen LogP contribution in [0.5, 0.6) is 0 Å². The molecule has 0 spiro atoms. The van der Waals surface area contributed by atoms with E-state index < -0.39 is 0 Å². The summed E-state index contributed by atoms with van der Waals surface area (Å²) in [7, 11) is 0. The lowest BCUT2D eigenvalue weighted by Gasteiger charge is -2.00. The second-order valence-corrected chi connectivity index (χ2v) is 3.26. The quantitative estimate of drug-likeness (QED) is 0.737. The van der Waals surface area contributed by atoms with Crippen LogP contribution >= 0.6 is 11.6 Å². The van der Waals surface area contributed by atoms with Gasteiger partial charge in [-0.3, -0.25) is 0 Å². The highest BCUT2D eigenvalue weighted by atomic mass is 35.5. The molecule has 0 amide bonds. The first kappa shape index (κ1) is 9.18. The summed E-state index contributed by atoms with van der Waals surface area (Å²) in [5, 5.41) is 1.20. The molecule has 4 nitrogen and oxygen atoms in total. The van der Waals surface area contributed by atoms with Gasteiger partial charge in [-0.2, -0.15) is 0 Å². The molecule has 0 bridgehead atoms. The molecule has 0 aliphatic heterocycles. The molecule has 2 aromatic heterocycles. The van der Waals surface area contributed by atoms with Crippen LogP contribution in [0.3, 0.4) is 0 Å². The van der Waals surface area contributed by atoms with Gasteiger partial charge in [0.15, 0.2) is 0 Å². The summed E-state index contributed by atoms with van der Waals surface area (Å²) in [4.78, 5) is 10.9. The third kappa shape index (κ3) is 1.29. The monoisotopic (exact) mass is 208 g/mol. The minimum atomic E-state index is 0.387. The number of hydrogen-bond acceptors (Lipinski definition) is 3. The Labute approximate surface area is 85.8 Å². The lowest BCUT2D eigenvalue weighted by molar-refractivity contribution is 1.20. The Kier molecular flexibility index (Phi) is 2.23. The number of nitrogens with one attached hydrogen (secondary N) is 1. The van der Waals surface area contributed by atoms with E-state index in [1.165, 1.54) is 6.33 Å². The Hall–Kier alpha value is -1.39. The van der Waals surface area contributed by atoms with Crippen LogP contribution in [0.1, 0.15) is 5.56 Å². The van der Waals surface area contributed by atoms with Crippen LogP contribution in [0.15, 0.2) is 19.1 Å². The number of H-pyrrole nitrogens is 1. The van der Waals surface area contributed by atoms with Crippen molar-refractivity contribution in [2.75, 3.05) is 6.54 Å². The van der Waals surface area contributed by atoms with Gasteiger partial charge < -0.3 is 10.7 Å². The van der Waals surface area contributed by atoms with Gasteiger partial charge in [0.2, 0.25) is 0 Å². The van der Waals surface area contributed by atoms with Gasteiger partial charge in [-0.25, -0.2) is 9.97 Å². The zero-order chi connectivity index (χ0) is 10.1. The van der Waals surface area contributed by atoms with Gasteiger partial charge in [-0.1, -0.05) is 18.2 Å². The fraction of sp³-hybridized carbons (Fsp3) is 0.111. The summed E-state index contributed by atoms with van der Waals surface area (Å²) < 4.78 is 0. The molecule has 0 unspecified atom stereocenters. The van der Waals surface area contributed by atoms with Crippen LogP contribution < -0.4 is 5.73 Å². The predicted molar refractivity (Wildman–Crippen MR) is 57.0 cm³/mol. The zero-order valence-electron chi connectivity index (χ0n) is 7.42. The molecular weight excluding hydrogens is 200 g/mol.